The van der Waals surface area contributed by atoms with Crippen LogP contribution in [-0.2, 0) is 9.22 Å². The molecule has 0 aromatic heterocycles. The van der Waals surface area contributed by atoms with Crippen molar-refractivity contribution in [3.8, 4) is 0 Å². The van der Waals surface area contributed by atoms with Crippen LogP contribution < -0.4 is 15.6 Å². The van der Waals surface area contributed by atoms with Crippen molar-refractivity contribution < 1.29 is 22.4 Å². The highest BCUT2D eigenvalue weighted by Gasteiger charge is 2.59. The number of ketones is 1. The van der Waals surface area contributed by atoms with E-state index in [4.69, 9.17) is 4.43 Å². The van der Waals surface area contributed by atoms with E-state index >= 15 is 0 Å². The maximum atomic E-state index is 14.5. The van der Waals surface area contributed by atoms with Crippen molar-refractivity contribution in [3.05, 3.63) is 115 Å². The van der Waals surface area contributed by atoms with Crippen molar-refractivity contribution >= 4 is 29.7 Å². The minimum Gasteiger partial charge on any atom is -0.384 e. The first kappa shape index (κ1) is 21.0. The van der Waals surface area contributed by atoms with E-state index in [-0.39, 0.29) is 0 Å². The van der Waals surface area contributed by atoms with Gasteiger partial charge in [-0.15, -0.1) is 0 Å². The number of carbonyl (C=O) groups excluding carboxylic acids is 1. The molecule has 0 N–H and O–H groups in total. The first-order valence-electron chi connectivity index (χ1n) is 9.73. The molecule has 0 unspecified atom stereocenters. The number of hydrogen-bond acceptors (Lipinski definition) is 2. The highest BCUT2D eigenvalue weighted by Crippen LogP contribution is 2.39. The number of halogens is 3. The lowest BCUT2D eigenvalue weighted by Gasteiger charge is -2.42. The average Bonchev–Trinajstić information content (AvgIpc) is 2.80. The third-order valence-corrected chi connectivity index (χ3v) is 9.38. The summed E-state index contributed by atoms with van der Waals surface area (Å²) in [6.07, 6.45) is -1.27. The summed E-state index contributed by atoms with van der Waals surface area (Å²) in [4.78, 5) is 11.7. The van der Waals surface area contributed by atoms with Crippen LogP contribution in [0.25, 0.3) is 0 Å². The number of benzene rings is 3. The molecule has 31 heavy (non-hydrogen) atoms. The summed E-state index contributed by atoms with van der Waals surface area (Å²) < 4.78 is 49.8. The Morgan fingerprint density at radius 2 is 1.00 bits per heavy atom. The fourth-order valence-corrected chi connectivity index (χ4v) is 7.88. The Kier molecular flexibility index (Phi) is 5.52. The SMILES string of the molecule is O=C1C=CC(O[Si](c2ccccc2)(c2ccccc2)c2ccccc2)(C(F)(F)F)C=C1. The minimum atomic E-state index is -4.77. The first-order chi connectivity index (χ1) is 14.9. The van der Waals surface area contributed by atoms with Gasteiger partial charge in [0.1, 0.15) is 0 Å². The van der Waals surface area contributed by atoms with Gasteiger partial charge in [0.15, 0.2) is 11.4 Å². The zero-order valence-electron chi connectivity index (χ0n) is 16.4. The standard InChI is InChI=1S/C25H19F3O2Si/c26-25(27,28)24(18-16-20(29)17-19-24)30-31(21-10-4-1-5-11-21,22-12-6-2-7-13-22)23-14-8-3-9-15-23/h1-19H. The van der Waals surface area contributed by atoms with Crippen molar-refractivity contribution in [3.63, 3.8) is 0 Å². The lowest BCUT2D eigenvalue weighted by atomic mass is 9.97. The highest BCUT2D eigenvalue weighted by atomic mass is 28.4. The molecule has 156 valence electrons. The smallest absolute Gasteiger partial charge is 0.384 e. The molecule has 2 nitrogen and oxygen atoms in total. The Balaban J connectivity index is 2.04. The molecule has 0 atom stereocenters. The number of alkyl halides is 3. The van der Waals surface area contributed by atoms with Gasteiger partial charge in [-0.05, 0) is 39.9 Å². The summed E-state index contributed by atoms with van der Waals surface area (Å²) in [5.41, 5.74) is -2.73. The van der Waals surface area contributed by atoms with Crippen molar-refractivity contribution in [2.75, 3.05) is 0 Å². The molecule has 0 saturated carbocycles. The molecular weight excluding hydrogens is 417 g/mol. The van der Waals surface area contributed by atoms with Gasteiger partial charge >= 0.3 is 6.18 Å². The van der Waals surface area contributed by atoms with Crippen molar-refractivity contribution in [2.45, 2.75) is 11.8 Å². The monoisotopic (exact) mass is 436 g/mol. The van der Waals surface area contributed by atoms with Gasteiger partial charge in [-0.2, -0.15) is 13.2 Å². The maximum absolute atomic E-state index is 14.5. The zero-order chi connectivity index (χ0) is 22.0. The van der Waals surface area contributed by atoms with Crippen molar-refractivity contribution in [1.29, 1.82) is 0 Å². The molecule has 3 aromatic rings. The van der Waals surface area contributed by atoms with Crippen LogP contribution in [0.1, 0.15) is 0 Å². The van der Waals surface area contributed by atoms with E-state index in [2.05, 4.69) is 0 Å². The van der Waals surface area contributed by atoms with E-state index in [0.29, 0.717) is 15.6 Å². The topological polar surface area (TPSA) is 26.3 Å². The Labute approximate surface area is 179 Å². The van der Waals surface area contributed by atoms with Crippen molar-refractivity contribution in [1.82, 2.24) is 0 Å². The Morgan fingerprint density at radius 1 is 0.645 bits per heavy atom. The molecule has 0 saturated heterocycles. The molecule has 0 spiro atoms. The number of carbonyl (C=O) groups is 1. The predicted octanol–water partition coefficient (Wildman–Crippen LogP) is 3.67. The van der Waals surface area contributed by atoms with Gasteiger partial charge in [-0.1, -0.05) is 91.0 Å². The van der Waals surface area contributed by atoms with Gasteiger partial charge in [0.25, 0.3) is 8.32 Å². The molecule has 0 amide bonds. The molecule has 0 heterocycles. The molecule has 6 heteroatoms. The van der Waals surface area contributed by atoms with Gasteiger partial charge in [-0.3, -0.25) is 4.79 Å². The summed E-state index contributed by atoms with van der Waals surface area (Å²) in [7, 11) is -3.65. The lowest BCUT2D eigenvalue weighted by molar-refractivity contribution is -0.213. The van der Waals surface area contributed by atoms with Gasteiger partial charge in [0.2, 0.25) is 0 Å². The fourth-order valence-electron chi connectivity index (χ4n) is 3.79. The third-order valence-electron chi connectivity index (χ3n) is 5.30. The van der Waals surface area contributed by atoms with Crippen LogP contribution in [0.4, 0.5) is 13.2 Å². The number of hydrogen-bond donors (Lipinski definition) is 0. The van der Waals surface area contributed by atoms with E-state index in [1.165, 1.54) is 0 Å². The molecule has 1 aliphatic carbocycles. The molecule has 1 aliphatic rings. The van der Waals surface area contributed by atoms with Crippen LogP contribution in [0.5, 0.6) is 0 Å². The second-order valence-corrected chi connectivity index (χ2v) is 10.5. The Morgan fingerprint density at radius 3 is 1.32 bits per heavy atom. The number of allylic oxidation sites excluding steroid dienone is 2. The molecule has 0 fully saturated rings. The van der Waals surface area contributed by atoms with E-state index in [1.54, 1.807) is 72.8 Å². The Hall–Kier alpha value is -3.22. The van der Waals surface area contributed by atoms with Gasteiger partial charge in [0, 0.05) is 0 Å². The second-order valence-electron chi connectivity index (χ2n) is 7.24. The van der Waals surface area contributed by atoms with E-state index in [0.717, 1.165) is 24.3 Å². The minimum absolute atomic E-state index is 0.505. The van der Waals surface area contributed by atoms with Gasteiger partial charge < -0.3 is 4.43 Å². The van der Waals surface area contributed by atoms with Crippen molar-refractivity contribution in [2.24, 2.45) is 0 Å². The van der Waals surface area contributed by atoms with E-state index in [1.807, 2.05) is 18.2 Å². The highest BCUT2D eigenvalue weighted by molar-refractivity contribution is 7.07. The molecule has 4 rings (SSSR count). The third kappa shape index (κ3) is 3.80. The summed E-state index contributed by atoms with van der Waals surface area (Å²) in [6, 6.07) is 27.0. The first-order valence-corrected chi connectivity index (χ1v) is 11.6. The zero-order valence-corrected chi connectivity index (χ0v) is 17.4. The summed E-state index contributed by atoms with van der Waals surface area (Å²) in [5.74, 6) is -0.505. The van der Waals surface area contributed by atoms with Crippen LogP contribution in [0.3, 0.4) is 0 Å². The maximum Gasteiger partial charge on any atom is 0.423 e. The van der Waals surface area contributed by atoms with E-state index < -0.39 is 25.9 Å². The normalized spacial score (nSPS) is 15.8. The largest absolute Gasteiger partial charge is 0.423 e. The Bertz CT molecular complexity index is 995. The van der Waals surface area contributed by atoms with E-state index in [9.17, 15) is 18.0 Å². The molecular formula is C25H19F3O2Si. The van der Waals surface area contributed by atoms with Crippen LogP contribution in [0.15, 0.2) is 115 Å². The summed E-state index contributed by atoms with van der Waals surface area (Å²) >= 11 is 0. The predicted molar refractivity (Wildman–Crippen MR) is 117 cm³/mol. The molecule has 0 radical (unpaired) electrons. The molecule has 3 aromatic carbocycles. The fraction of sp³-hybridized carbons (Fsp3) is 0.0800. The summed E-state index contributed by atoms with van der Waals surface area (Å²) in [5, 5.41) is 2.03. The lowest BCUT2D eigenvalue weighted by Crippen LogP contribution is -2.73. The van der Waals surface area contributed by atoms with Crippen LogP contribution in [0.2, 0.25) is 0 Å². The second kappa shape index (κ2) is 8.13. The average molecular weight is 437 g/mol. The van der Waals surface area contributed by atoms with Crippen LogP contribution in [0, 0.1) is 0 Å². The van der Waals surface area contributed by atoms with Crippen LogP contribution in [-0.4, -0.2) is 25.9 Å². The van der Waals surface area contributed by atoms with Crippen LogP contribution >= 0.6 is 0 Å². The van der Waals surface area contributed by atoms with Gasteiger partial charge in [0.05, 0.1) is 0 Å². The molecule has 0 aliphatic heterocycles. The number of rotatable bonds is 5. The summed E-state index contributed by atoms with van der Waals surface area (Å²) in [6.45, 7) is 0. The molecule has 0 bridgehead atoms. The van der Waals surface area contributed by atoms with Gasteiger partial charge in [-0.25, -0.2) is 0 Å². The quantitative estimate of drug-likeness (QED) is 0.451.